The maximum absolute atomic E-state index is 12.6. The SMILES string of the molecule is O=C(O)C(CCO[C@H]1C[C@H](CCc2ccc3c(n2)NCCC3)C1)NC(=O)C1COc2ccccc2O1. The second kappa shape index (κ2) is 11.2. The van der Waals surface area contributed by atoms with E-state index in [0.717, 1.165) is 56.6 Å². The number of amides is 1. The van der Waals surface area contributed by atoms with Crippen LogP contribution >= 0.6 is 0 Å². The molecule has 2 aliphatic heterocycles. The number of aliphatic carboxylic acids is 1. The van der Waals surface area contributed by atoms with Crippen molar-refractivity contribution in [2.75, 3.05) is 25.1 Å². The van der Waals surface area contributed by atoms with E-state index in [1.807, 2.05) is 6.07 Å². The number of aromatic nitrogens is 1. The van der Waals surface area contributed by atoms with Crippen LogP contribution in [0, 0.1) is 5.92 Å². The Kier molecular flexibility index (Phi) is 7.55. The second-order valence-electron chi connectivity index (χ2n) is 9.76. The van der Waals surface area contributed by atoms with Crippen molar-refractivity contribution < 1.29 is 28.9 Å². The summed E-state index contributed by atoms with van der Waals surface area (Å²) < 4.78 is 17.1. The van der Waals surface area contributed by atoms with Crippen molar-refractivity contribution in [3.05, 3.63) is 47.7 Å². The van der Waals surface area contributed by atoms with Gasteiger partial charge in [0.2, 0.25) is 6.10 Å². The molecule has 2 atom stereocenters. The average molecular weight is 496 g/mol. The number of carboxylic acid groups (broad SMARTS) is 1. The highest BCUT2D eigenvalue weighted by atomic mass is 16.6. The van der Waals surface area contributed by atoms with Crippen molar-refractivity contribution in [1.82, 2.24) is 10.3 Å². The molecule has 1 aromatic heterocycles. The van der Waals surface area contributed by atoms with Gasteiger partial charge in [0.1, 0.15) is 18.5 Å². The van der Waals surface area contributed by atoms with Gasteiger partial charge in [-0.15, -0.1) is 0 Å². The standard InChI is InChI=1S/C27H33N3O6/c31-26(24-16-35-22-5-1-2-6-23(22)36-24)30-21(27(32)33)11-13-34-20-14-17(15-20)7-9-19-10-8-18-4-3-12-28-25(18)29-19/h1-2,5-6,8,10,17,20-21,24H,3-4,7,9,11-16H2,(H,28,29)(H,30,31)(H,32,33)/t17-,20-,21?,24?. The van der Waals surface area contributed by atoms with Crippen molar-refractivity contribution >= 4 is 17.7 Å². The van der Waals surface area contributed by atoms with Crippen LogP contribution in [0.25, 0.3) is 0 Å². The van der Waals surface area contributed by atoms with Gasteiger partial charge in [-0.25, -0.2) is 9.78 Å². The van der Waals surface area contributed by atoms with E-state index in [-0.39, 0.29) is 25.7 Å². The molecule has 3 N–H and O–H groups in total. The van der Waals surface area contributed by atoms with E-state index >= 15 is 0 Å². The fraction of sp³-hybridized carbons (Fsp3) is 0.519. The number of hydrogen-bond donors (Lipinski definition) is 3. The molecule has 1 saturated carbocycles. The number of carbonyl (C=O) groups is 2. The maximum Gasteiger partial charge on any atom is 0.326 e. The number of aryl methyl sites for hydroxylation is 2. The number of pyridine rings is 1. The van der Waals surface area contributed by atoms with Gasteiger partial charge in [0, 0.05) is 25.3 Å². The summed E-state index contributed by atoms with van der Waals surface area (Å²) in [5.41, 5.74) is 2.44. The molecule has 3 heterocycles. The second-order valence-corrected chi connectivity index (χ2v) is 9.76. The summed E-state index contributed by atoms with van der Waals surface area (Å²) in [6.07, 6.45) is 5.68. The van der Waals surface area contributed by atoms with E-state index in [0.29, 0.717) is 17.4 Å². The Bertz CT molecular complexity index is 1090. The average Bonchev–Trinajstić information content (AvgIpc) is 2.88. The van der Waals surface area contributed by atoms with E-state index < -0.39 is 24.0 Å². The molecule has 2 unspecified atom stereocenters. The number of nitrogens with zero attached hydrogens (tertiary/aromatic N) is 1. The molecule has 1 aromatic carbocycles. The highest BCUT2D eigenvalue weighted by Crippen LogP contribution is 2.34. The number of carboxylic acids is 1. The number of fused-ring (bicyclic) bond motifs is 2. The van der Waals surface area contributed by atoms with Gasteiger partial charge in [0.15, 0.2) is 11.5 Å². The third-order valence-electron chi connectivity index (χ3n) is 7.13. The molecule has 9 nitrogen and oxygen atoms in total. The third-order valence-corrected chi connectivity index (χ3v) is 7.13. The van der Waals surface area contributed by atoms with Crippen LogP contribution in [0.2, 0.25) is 0 Å². The molecular weight excluding hydrogens is 462 g/mol. The minimum atomic E-state index is -1.09. The zero-order chi connectivity index (χ0) is 24.9. The lowest BCUT2D eigenvalue weighted by atomic mass is 9.79. The van der Waals surface area contributed by atoms with Crippen LogP contribution in [-0.2, 0) is 27.2 Å². The number of rotatable bonds is 10. The van der Waals surface area contributed by atoms with E-state index in [2.05, 4.69) is 22.8 Å². The fourth-order valence-corrected chi connectivity index (χ4v) is 4.93. The van der Waals surface area contributed by atoms with E-state index in [9.17, 15) is 14.7 Å². The summed E-state index contributed by atoms with van der Waals surface area (Å²) >= 11 is 0. The van der Waals surface area contributed by atoms with Crippen LogP contribution < -0.4 is 20.1 Å². The van der Waals surface area contributed by atoms with E-state index in [1.54, 1.807) is 18.2 Å². The summed E-state index contributed by atoms with van der Waals surface area (Å²) in [4.78, 5) is 29.0. The Labute approximate surface area is 210 Å². The molecule has 2 aromatic rings. The van der Waals surface area contributed by atoms with Crippen LogP contribution in [0.5, 0.6) is 11.5 Å². The van der Waals surface area contributed by atoms with E-state index in [1.165, 1.54) is 5.56 Å². The number of para-hydroxylation sites is 2. The largest absolute Gasteiger partial charge is 0.485 e. The minimum Gasteiger partial charge on any atom is -0.485 e. The summed E-state index contributed by atoms with van der Waals surface area (Å²) in [5.74, 6) is 1.08. The molecule has 1 fully saturated rings. The zero-order valence-electron chi connectivity index (χ0n) is 20.3. The molecule has 1 amide bonds. The predicted molar refractivity (Wildman–Crippen MR) is 132 cm³/mol. The van der Waals surface area contributed by atoms with E-state index in [4.69, 9.17) is 19.2 Å². The first-order valence-electron chi connectivity index (χ1n) is 12.8. The smallest absolute Gasteiger partial charge is 0.326 e. The van der Waals surface area contributed by atoms with Gasteiger partial charge in [-0.1, -0.05) is 18.2 Å². The van der Waals surface area contributed by atoms with Crippen LogP contribution in [0.1, 0.15) is 43.4 Å². The topological polar surface area (TPSA) is 119 Å². The van der Waals surface area contributed by atoms with Crippen LogP contribution in [0.3, 0.4) is 0 Å². The van der Waals surface area contributed by atoms with Crippen molar-refractivity contribution in [3.63, 3.8) is 0 Å². The van der Waals surface area contributed by atoms with Crippen molar-refractivity contribution in [2.45, 2.75) is 63.2 Å². The Balaban J connectivity index is 0.998. The Hall–Kier alpha value is -3.33. The molecule has 36 heavy (non-hydrogen) atoms. The molecule has 9 heteroatoms. The predicted octanol–water partition coefficient (Wildman–Crippen LogP) is 2.97. The quantitative estimate of drug-likeness (QED) is 0.460. The molecule has 3 aliphatic rings. The van der Waals surface area contributed by atoms with Crippen molar-refractivity contribution in [2.24, 2.45) is 5.92 Å². The van der Waals surface area contributed by atoms with Gasteiger partial charge < -0.3 is 30.0 Å². The minimum absolute atomic E-state index is 0.0344. The van der Waals surface area contributed by atoms with Gasteiger partial charge in [-0.3, -0.25) is 4.79 Å². The highest BCUT2D eigenvalue weighted by molar-refractivity contribution is 5.86. The van der Waals surface area contributed by atoms with Gasteiger partial charge in [-0.2, -0.15) is 0 Å². The molecule has 5 rings (SSSR count). The van der Waals surface area contributed by atoms with Crippen LogP contribution in [0.15, 0.2) is 36.4 Å². The zero-order valence-corrected chi connectivity index (χ0v) is 20.3. The number of ether oxygens (including phenoxy) is 3. The lowest BCUT2D eigenvalue weighted by molar-refractivity contribution is -0.144. The number of carbonyl (C=O) groups excluding carboxylic acids is 1. The molecule has 0 saturated heterocycles. The summed E-state index contributed by atoms with van der Waals surface area (Å²) in [5, 5.41) is 15.5. The number of benzene rings is 1. The normalized spacial score (nSPS) is 22.9. The van der Waals surface area contributed by atoms with Gasteiger partial charge in [-0.05, 0) is 68.2 Å². The third kappa shape index (κ3) is 5.90. The first-order valence-corrected chi connectivity index (χ1v) is 12.8. The summed E-state index contributed by atoms with van der Waals surface area (Å²) in [7, 11) is 0. The lowest BCUT2D eigenvalue weighted by Crippen LogP contribution is -2.50. The molecule has 0 bridgehead atoms. The summed E-state index contributed by atoms with van der Waals surface area (Å²) in [6.45, 7) is 1.30. The van der Waals surface area contributed by atoms with Gasteiger partial charge in [0.05, 0.1) is 6.10 Å². The molecule has 0 spiro atoms. The number of anilines is 1. The number of hydrogen-bond acceptors (Lipinski definition) is 7. The molecule has 192 valence electrons. The van der Waals surface area contributed by atoms with Crippen LogP contribution in [-0.4, -0.2) is 60.0 Å². The monoisotopic (exact) mass is 495 g/mol. The summed E-state index contributed by atoms with van der Waals surface area (Å²) in [6, 6.07) is 10.4. The first kappa shape index (κ1) is 24.4. The first-order chi connectivity index (χ1) is 17.5. The lowest BCUT2D eigenvalue weighted by Gasteiger charge is -2.35. The Morgan fingerprint density at radius 1 is 1.19 bits per heavy atom. The number of nitrogens with one attached hydrogen (secondary N) is 2. The fourth-order valence-electron chi connectivity index (χ4n) is 4.93. The highest BCUT2D eigenvalue weighted by Gasteiger charge is 2.32. The van der Waals surface area contributed by atoms with Crippen molar-refractivity contribution in [3.8, 4) is 11.5 Å². The van der Waals surface area contributed by atoms with Crippen molar-refractivity contribution in [1.29, 1.82) is 0 Å². The Morgan fingerprint density at radius 3 is 2.86 bits per heavy atom. The molecule has 0 radical (unpaired) electrons. The Morgan fingerprint density at radius 2 is 2.03 bits per heavy atom. The molecule has 1 aliphatic carbocycles. The van der Waals surface area contributed by atoms with Gasteiger partial charge >= 0.3 is 5.97 Å². The van der Waals surface area contributed by atoms with Crippen LogP contribution in [0.4, 0.5) is 5.82 Å². The maximum atomic E-state index is 12.6. The van der Waals surface area contributed by atoms with Gasteiger partial charge in [0.25, 0.3) is 5.91 Å². The molecular formula is C27H33N3O6.